The van der Waals surface area contributed by atoms with E-state index in [-0.39, 0.29) is 5.91 Å². The van der Waals surface area contributed by atoms with Crippen molar-refractivity contribution in [2.75, 3.05) is 18.4 Å². The Kier molecular flexibility index (Phi) is 6.30. The first-order valence-electron chi connectivity index (χ1n) is 6.77. The van der Waals surface area contributed by atoms with Gasteiger partial charge in [-0.1, -0.05) is 38.1 Å². The standard InChI is InChI=1S/C16H24N2O/c1-5-10-17-11-9-15(19)18-16-13(4)7-6-8-14(16)12(2)3/h5-8,12,17H,1,9-11H2,2-4H3,(H,18,19). The first-order chi connectivity index (χ1) is 9.06. The van der Waals surface area contributed by atoms with E-state index in [2.05, 4.69) is 37.1 Å². The first-order valence-corrected chi connectivity index (χ1v) is 6.77. The predicted molar refractivity (Wildman–Crippen MR) is 81.6 cm³/mol. The van der Waals surface area contributed by atoms with Gasteiger partial charge in [0.05, 0.1) is 0 Å². The second-order valence-electron chi connectivity index (χ2n) is 4.98. The van der Waals surface area contributed by atoms with E-state index in [4.69, 9.17) is 0 Å². The highest BCUT2D eigenvalue weighted by Crippen LogP contribution is 2.27. The summed E-state index contributed by atoms with van der Waals surface area (Å²) in [6.45, 7) is 11.3. The van der Waals surface area contributed by atoms with Crippen molar-refractivity contribution >= 4 is 11.6 Å². The number of rotatable bonds is 7. The van der Waals surface area contributed by atoms with Crippen molar-refractivity contribution in [2.45, 2.75) is 33.1 Å². The molecule has 2 N–H and O–H groups in total. The first kappa shape index (κ1) is 15.4. The van der Waals surface area contributed by atoms with Crippen LogP contribution in [0.4, 0.5) is 5.69 Å². The van der Waals surface area contributed by atoms with Crippen molar-refractivity contribution in [2.24, 2.45) is 0 Å². The van der Waals surface area contributed by atoms with Gasteiger partial charge in [0.2, 0.25) is 5.91 Å². The second kappa shape index (κ2) is 7.74. The normalized spacial score (nSPS) is 10.5. The molecular weight excluding hydrogens is 236 g/mol. The Morgan fingerprint density at radius 1 is 1.42 bits per heavy atom. The van der Waals surface area contributed by atoms with E-state index in [1.165, 1.54) is 5.56 Å². The monoisotopic (exact) mass is 260 g/mol. The highest BCUT2D eigenvalue weighted by Gasteiger charge is 2.11. The van der Waals surface area contributed by atoms with Crippen LogP contribution in [0, 0.1) is 6.92 Å². The molecule has 0 fully saturated rings. The fourth-order valence-corrected chi connectivity index (χ4v) is 1.95. The number of carbonyl (C=O) groups excluding carboxylic acids is 1. The summed E-state index contributed by atoms with van der Waals surface area (Å²) < 4.78 is 0. The lowest BCUT2D eigenvalue weighted by atomic mass is 9.98. The maximum absolute atomic E-state index is 11.9. The van der Waals surface area contributed by atoms with E-state index in [0.29, 0.717) is 18.9 Å². The highest BCUT2D eigenvalue weighted by molar-refractivity contribution is 5.92. The number of anilines is 1. The Morgan fingerprint density at radius 2 is 2.16 bits per heavy atom. The van der Waals surface area contributed by atoms with Gasteiger partial charge in [-0.3, -0.25) is 4.79 Å². The number of amides is 1. The topological polar surface area (TPSA) is 41.1 Å². The summed E-state index contributed by atoms with van der Waals surface area (Å²) in [5.41, 5.74) is 3.26. The van der Waals surface area contributed by atoms with Gasteiger partial charge in [0.1, 0.15) is 0 Å². The van der Waals surface area contributed by atoms with E-state index in [0.717, 1.165) is 17.8 Å². The van der Waals surface area contributed by atoms with Gasteiger partial charge in [0.15, 0.2) is 0 Å². The zero-order chi connectivity index (χ0) is 14.3. The van der Waals surface area contributed by atoms with Crippen molar-refractivity contribution in [3.63, 3.8) is 0 Å². The maximum atomic E-state index is 11.9. The maximum Gasteiger partial charge on any atom is 0.225 e. The molecule has 0 aliphatic carbocycles. The Hall–Kier alpha value is -1.61. The number of carbonyl (C=O) groups is 1. The van der Waals surface area contributed by atoms with Crippen molar-refractivity contribution in [1.82, 2.24) is 5.32 Å². The molecule has 1 rings (SSSR count). The van der Waals surface area contributed by atoms with E-state index in [1.54, 1.807) is 6.08 Å². The minimum atomic E-state index is 0.0489. The fourth-order valence-electron chi connectivity index (χ4n) is 1.95. The van der Waals surface area contributed by atoms with Crippen LogP contribution in [0.25, 0.3) is 0 Å². The molecule has 0 unspecified atom stereocenters. The second-order valence-corrected chi connectivity index (χ2v) is 4.98. The van der Waals surface area contributed by atoms with Crippen LogP contribution < -0.4 is 10.6 Å². The van der Waals surface area contributed by atoms with Crippen LogP contribution in [0.2, 0.25) is 0 Å². The molecule has 0 spiro atoms. The minimum Gasteiger partial charge on any atom is -0.326 e. The summed E-state index contributed by atoms with van der Waals surface area (Å²) in [6, 6.07) is 6.13. The fraction of sp³-hybridized carbons (Fsp3) is 0.438. The van der Waals surface area contributed by atoms with Crippen molar-refractivity contribution in [1.29, 1.82) is 0 Å². The van der Waals surface area contributed by atoms with Crippen LogP contribution in [-0.2, 0) is 4.79 Å². The molecule has 1 aromatic rings. The third kappa shape index (κ3) is 4.87. The molecule has 104 valence electrons. The van der Waals surface area contributed by atoms with E-state index >= 15 is 0 Å². The average molecular weight is 260 g/mol. The van der Waals surface area contributed by atoms with Crippen LogP contribution in [0.3, 0.4) is 0 Å². The quantitative estimate of drug-likeness (QED) is 0.584. The summed E-state index contributed by atoms with van der Waals surface area (Å²) in [7, 11) is 0. The van der Waals surface area contributed by atoms with Gasteiger partial charge in [-0.2, -0.15) is 0 Å². The number of aryl methyl sites for hydroxylation is 1. The number of nitrogens with one attached hydrogen (secondary N) is 2. The summed E-state index contributed by atoms with van der Waals surface area (Å²) >= 11 is 0. The number of hydrogen-bond donors (Lipinski definition) is 2. The van der Waals surface area contributed by atoms with Crippen LogP contribution in [0.1, 0.15) is 37.3 Å². The SMILES string of the molecule is C=CCNCCC(=O)Nc1c(C)cccc1C(C)C. The van der Waals surface area contributed by atoms with Crippen molar-refractivity contribution in [3.8, 4) is 0 Å². The summed E-state index contributed by atoms with van der Waals surface area (Å²) in [6.07, 6.45) is 2.26. The molecular formula is C16H24N2O. The molecule has 0 atom stereocenters. The Morgan fingerprint density at radius 3 is 2.79 bits per heavy atom. The zero-order valence-electron chi connectivity index (χ0n) is 12.1. The Labute approximate surface area is 116 Å². The van der Waals surface area contributed by atoms with E-state index in [1.807, 2.05) is 19.1 Å². The summed E-state index contributed by atoms with van der Waals surface area (Å²) in [5.74, 6) is 0.446. The molecule has 0 saturated carbocycles. The molecule has 1 amide bonds. The Bertz CT molecular complexity index is 438. The highest BCUT2D eigenvalue weighted by atomic mass is 16.1. The molecule has 0 saturated heterocycles. The Balaban J connectivity index is 2.65. The molecule has 3 heteroatoms. The van der Waals surface area contributed by atoms with E-state index < -0.39 is 0 Å². The smallest absolute Gasteiger partial charge is 0.225 e. The van der Waals surface area contributed by atoms with E-state index in [9.17, 15) is 4.79 Å². The molecule has 0 heterocycles. The van der Waals surface area contributed by atoms with Gasteiger partial charge < -0.3 is 10.6 Å². The molecule has 0 aliphatic heterocycles. The molecule has 0 radical (unpaired) electrons. The third-order valence-corrected chi connectivity index (χ3v) is 3.01. The van der Waals surface area contributed by atoms with Crippen molar-refractivity contribution < 1.29 is 4.79 Å². The summed E-state index contributed by atoms with van der Waals surface area (Å²) in [4.78, 5) is 11.9. The van der Waals surface area contributed by atoms with Crippen molar-refractivity contribution in [3.05, 3.63) is 42.0 Å². The molecule has 0 bridgehead atoms. The summed E-state index contributed by atoms with van der Waals surface area (Å²) in [5, 5.41) is 6.16. The number of benzene rings is 1. The molecule has 19 heavy (non-hydrogen) atoms. The minimum absolute atomic E-state index is 0.0489. The van der Waals surface area contributed by atoms with Gasteiger partial charge >= 0.3 is 0 Å². The van der Waals surface area contributed by atoms with Crippen LogP contribution >= 0.6 is 0 Å². The van der Waals surface area contributed by atoms with Crippen LogP contribution in [0.15, 0.2) is 30.9 Å². The number of para-hydroxylation sites is 1. The lowest BCUT2D eigenvalue weighted by Crippen LogP contribution is -2.22. The average Bonchev–Trinajstić information content (AvgIpc) is 2.37. The van der Waals surface area contributed by atoms with Gasteiger partial charge in [0, 0.05) is 25.2 Å². The van der Waals surface area contributed by atoms with Gasteiger partial charge in [-0.15, -0.1) is 6.58 Å². The van der Waals surface area contributed by atoms with Gasteiger partial charge in [0.25, 0.3) is 0 Å². The molecule has 3 nitrogen and oxygen atoms in total. The van der Waals surface area contributed by atoms with Crippen LogP contribution in [-0.4, -0.2) is 19.0 Å². The zero-order valence-corrected chi connectivity index (χ0v) is 12.1. The third-order valence-electron chi connectivity index (χ3n) is 3.01. The van der Waals surface area contributed by atoms with Crippen LogP contribution in [0.5, 0.6) is 0 Å². The lowest BCUT2D eigenvalue weighted by molar-refractivity contribution is -0.116. The lowest BCUT2D eigenvalue weighted by Gasteiger charge is -2.16. The number of hydrogen-bond acceptors (Lipinski definition) is 2. The molecule has 1 aromatic carbocycles. The molecule has 0 aliphatic rings. The van der Waals surface area contributed by atoms with Gasteiger partial charge in [-0.05, 0) is 24.0 Å². The largest absolute Gasteiger partial charge is 0.326 e. The molecule has 0 aromatic heterocycles. The predicted octanol–water partition coefficient (Wildman–Crippen LogP) is 3.22. The van der Waals surface area contributed by atoms with Gasteiger partial charge in [-0.25, -0.2) is 0 Å².